The van der Waals surface area contributed by atoms with Crippen molar-refractivity contribution in [2.75, 3.05) is 35.8 Å². The average molecular weight is 534 g/mol. The Labute approximate surface area is 228 Å². The molecule has 4 aromatic rings. The van der Waals surface area contributed by atoms with Crippen LogP contribution >= 0.6 is 0 Å². The molecular formula is C28H23N9O3. The average Bonchev–Trinajstić information content (AvgIpc) is 2.96. The Morgan fingerprint density at radius 2 is 1.90 bits per heavy atom. The van der Waals surface area contributed by atoms with E-state index >= 15 is 0 Å². The number of nitrogens with zero attached hydrogens (tertiary/aromatic N) is 4. The van der Waals surface area contributed by atoms with Crippen molar-refractivity contribution in [3.63, 3.8) is 0 Å². The van der Waals surface area contributed by atoms with Crippen LogP contribution in [0.15, 0.2) is 65.7 Å². The number of rotatable bonds is 6. The van der Waals surface area contributed by atoms with E-state index in [1.54, 1.807) is 18.2 Å². The number of carbonyl (C=O) groups excluding carboxylic acids is 1. The number of nitrogen functional groups attached to an aromatic ring is 2. The van der Waals surface area contributed by atoms with Crippen molar-refractivity contribution in [2.24, 2.45) is 4.99 Å². The standard InChI is InChI=1S/C28H23N9O3/c1-39-21-11-16(25-23-24(31)18(12-29)26(32)36-27(23)37-28(35-25)33-14-30)9-10-20(21)40-13-22(38)34-19-8-4-6-15-5-2-3-7-17(15)19/h2-11,25H,13H2,1H3,(H,34,38)(H6,31,32,33,35,36,37). The predicted molar refractivity (Wildman–Crippen MR) is 150 cm³/mol. The highest BCUT2D eigenvalue weighted by molar-refractivity contribution is 6.02. The number of methoxy groups -OCH3 is 1. The maximum Gasteiger partial charge on any atom is 0.262 e. The fraction of sp³-hybridized carbons (Fsp3) is 0.107. The molecule has 198 valence electrons. The first-order chi connectivity index (χ1) is 19.4. The number of pyridine rings is 1. The third-order valence-electron chi connectivity index (χ3n) is 6.28. The highest BCUT2D eigenvalue weighted by atomic mass is 16.5. The molecule has 12 nitrogen and oxygen atoms in total. The molecule has 0 radical (unpaired) electrons. The fourth-order valence-corrected chi connectivity index (χ4v) is 4.46. The number of nitrogens with two attached hydrogens (primary N) is 2. The van der Waals surface area contributed by atoms with Crippen LogP contribution in [0.4, 0.5) is 23.0 Å². The summed E-state index contributed by atoms with van der Waals surface area (Å²) >= 11 is 0. The van der Waals surface area contributed by atoms with Gasteiger partial charge in [0.25, 0.3) is 5.91 Å². The summed E-state index contributed by atoms with van der Waals surface area (Å²) in [6, 6.07) is 19.7. The van der Waals surface area contributed by atoms with Crippen LogP contribution in [-0.2, 0) is 4.79 Å². The first-order valence-electron chi connectivity index (χ1n) is 12.0. The van der Waals surface area contributed by atoms with E-state index in [1.165, 1.54) is 7.11 Å². The third-order valence-corrected chi connectivity index (χ3v) is 6.28. The lowest BCUT2D eigenvalue weighted by Crippen LogP contribution is -2.32. The van der Waals surface area contributed by atoms with E-state index in [0.717, 1.165) is 10.8 Å². The van der Waals surface area contributed by atoms with Gasteiger partial charge in [0.15, 0.2) is 24.3 Å². The highest BCUT2D eigenvalue weighted by Gasteiger charge is 2.30. The second-order valence-corrected chi connectivity index (χ2v) is 8.68. The molecule has 1 atom stereocenters. The van der Waals surface area contributed by atoms with E-state index in [1.807, 2.05) is 54.7 Å². The Bertz CT molecular complexity index is 1750. The van der Waals surface area contributed by atoms with Crippen LogP contribution in [0.1, 0.15) is 22.7 Å². The van der Waals surface area contributed by atoms with E-state index in [0.29, 0.717) is 28.3 Å². The fourth-order valence-electron chi connectivity index (χ4n) is 4.46. The Morgan fingerprint density at radius 3 is 2.67 bits per heavy atom. The maximum atomic E-state index is 12.7. The summed E-state index contributed by atoms with van der Waals surface area (Å²) < 4.78 is 11.3. The zero-order chi connectivity index (χ0) is 28.2. The van der Waals surface area contributed by atoms with Crippen molar-refractivity contribution in [3.05, 3.63) is 77.4 Å². The molecule has 0 aliphatic carbocycles. The quantitative estimate of drug-likeness (QED) is 0.181. The summed E-state index contributed by atoms with van der Waals surface area (Å²) in [4.78, 5) is 21.5. The molecule has 0 fully saturated rings. The van der Waals surface area contributed by atoms with Crippen LogP contribution in [0, 0.1) is 22.8 Å². The summed E-state index contributed by atoms with van der Waals surface area (Å²) in [5.74, 6) is 0.659. The maximum absolute atomic E-state index is 12.7. The molecule has 40 heavy (non-hydrogen) atoms. The van der Waals surface area contributed by atoms with Gasteiger partial charge in [0.2, 0.25) is 5.96 Å². The summed E-state index contributed by atoms with van der Waals surface area (Å²) in [5.41, 5.74) is 14.1. The number of guanidine groups is 1. The molecule has 1 aliphatic rings. The topological polar surface area (TPSA) is 196 Å². The van der Waals surface area contributed by atoms with Gasteiger partial charge in [0, 0.05) is 16.6 Å². The minimum atomic E-state index is -0.759. The molecule has 3 aromatic carbocycles. The second kappa shape index (κ2) is 10.8. The lowest BCUT2D eigenvalue weighted by molar-refractivity contribution is -0.118. The number of nitriles is 2. The van der Waals surface area contributed by atoms with E-state index in [-0.39, 0.29) is 41.4 Å². The van der Waals surface area contributed by atoms with Crippen LogP contribution in [0.25, 0.3) is 10.8 Å². The van der Waals surface area contributed by atoms with Crippen LogP contribution in [0.3, 0.4) is 0 Å². The number of carbonyl (C=O) groups is 1. The number of aliphatic imine (C=N–C) groups is 1. The Balaban J connectivity index is 1.41. The Hall–Kier alpha value is -6.01. The van der Waals surface area contributed by atoms with E-state index < -0.39 is 6.04 Å². The number of nitrogens with one attached hydrogen (secondary N) is 3. The third kappa shape index (κ3) is 4.80. The van der Waals surface area contributed by atoms with Gasteiger partial charge < -0.3 is 31.6 Å². The summed E-state index contributed by atoms with van der Waals surface area (Å²) in [5, 5.41) is 28.8. The smallest absolute Gasteiger partial charge is 0.262 e. The van der Waals surface area contributed by atoms with Crippen LogP contribution in [0.2, 0.25) is 0 Å². The molecule has 0 saturated carbocycles. The molecule has 7 N–H and O–H groups in total. The number of amides is 1. The van der Waals surface area contributed by atoms with Crippen molar-refractivity contribution in [1.82, 2.24) is 10.3 Å². The van der Waals surface area contributed by atoms with E-state index in [2.05, 4.69) is 25.9 Å². The molecule has 1 aliphatic heterocycles. The monoisotopic (exact) mass is 533 g/mol. The van der Waals surface area contributed by atoms with Gasteiger partial charge in [-0.15, -0.1) is 0 Å². The lowest BCUT2D eigenvalue weighted by atomic mass is 9.95. The van der Waals surface area contributed by atoms with Gasteiger partial charge in [-0.25, -0.2) is 9.98 Å². The zero-order valence-corrected chi connectivity index (χ0v) is 21.2. The number of hydrogen-bond donors (Lipinski definition) is 5. The van der Waals surface area contributed by atoms with Crippen molar-refractivity contribution in [1.29, 1.82) is 10.5 Å². The van der Waals surface area contributed by atoms with Crippen LogP contribution in [-0.4, -0.2) is 30.6 Å². The van der Waals surface area contributed by atoms with Gasteiger partial charge in [0.05, 0.1) is 12.8 Å². The first kappa shape index (κ1) is 25.6. The predicted octanol–water partition coefficient (Wildman–Crippen LogP) is 3.24. The van der Waals surface area contributed by atoms with Crippen molar-refractivity contribution in [2.45, 2.75) is 6.04 Å². The summed E-state index contributed by atoms with van der Waals surface area (Å²) in [6.45, 7) is -0.259. The molecule has 1 amide bonds. The van der Waals surface area contributed by atoms with Gasteiger partial charge in [-0.2, -0.15) is 10.5 Å². The minimum absolute atomic E-state index is 0.0292. The van der Waals surface area contributed by atoms with Crippen molar-refractivity contribution >= 4 is 45.6 Å². The van der Waals surface area contributed by atoms with Crippen molar-refractivity contribution in [3.8, 4) is 23.8 Å². The van der Waals surface area contributed by atoms with Gasteiger partial charge in [0.1, 0.15) is 29.3 Å². The highest BCUT2D eigenvalue weighted by Crippen LogP contribution is 2.42. The zero-order valence-electron chi connectivity index (χ0n) is 21.2. The molecule has 1 aromatic heterocycles. The molecule has 2 heterocycles. The second-order valence-electron chi connectivity index (χ2n) is 8.68. The molecule has 12 heteroatoms. The van der Waals surface area contributed by atoms with Gasteiger partial charge >= 0.3 is 0 Å². The summed E-state index contributed by atoms with van der Waals surface area (Å²) in [6.07, 6.45) is 1.81. The van der Waals surface area contributed by atoms with Gasteiger partial charge in [-0.1, -0.05) is 42.5 Å². The largest absolute Gasteiger partial charge is 0.493 e. The Kier molecular flexibility index (Phi) is 6.90. The number of fused-ring (bicyclic) bond motifs is 2. The number of ether oxygens (including phenoxy) is 2. The van der Waals surface area contributed by atoms with Crippen molar-refractivity contribution < 1.29 is 14.3 Å². The number of benzene rings is 3. The molecular weight excluding hydrogens is 510 g/mol. The normalized spacial score (nSPS) is 13.6. The van der Waals surface area contributed by atoms with Crippen LogP contribution < -0.4 is 36.9 Å². The molecule has 5 rings (SSSR count). The molecule has 0 saturated heterocycles. The number of aromatic nitrogens is 1. The number of hydrogen-bond acceptors (Lipinski definition) is 11. The molecule has 1 unspecified atom stereocenters. The van der Waals surface area contributed by atoms with Crippen LogP contribution in [0.5, 0.6) is 11.5 Å². The first-order valence-corrected chi connectivity index (χ1v) is 12.0. The Morgan fingerprint density at radius 1 is 1.10 bits per heavy atom. The number of anilines is 4. The SMILES string of the molecule is COc1cc(C2N=C(NC#N)Nc3nc(N)c(C#N)c(N)c32)ccc1OCC(=O)Nc1cccc2ccccc12. The lowest BCUT2D eigenvalue weighted by Gasteiger charge is -2.26. The minimum Gasteiger partial charge on any atom is -0.493 e. The van der Waals surface area contributed by atoms with E-state index in [9.17, 15) is 10.1 Å². The molecule has 0 bridgehead atoms. The molecule has 0 spiro atoms. The van der Waals surface area contributed by atoms with Gasteiger partial charge in [-0.3, -0.25) is 10.1 Å². The van der Waals surface area contributed by atoms with Gasteiger partial charge in [-0.05, 0) is 29.1 Å². The van der Waals surface area contributed by atoms with E-state index in [4.69, 9.17) is 26.2 Å². The summed E-state index contributed by atoms with van der Waals surface area (Å²) in [7, 11) is 1.47.